The van der Waals surface area contributed by atoms with E-state index in [1.807, 2.05) is 38.1 Å². The predicted molar refractivity (Wildman–Crippen MR) is 135 cm³/mol. The number of carbonyl (C=O) groups excluding carboxylic acids is 2. The van der Waals surface area contributed by atoms with E-state index in [0.29, 0.717) is 26.1 Å². The maximum Gasteiger partial charge on any atom is 0.231 e. The van der Waals surface area contributed by atoms with Crippen LogP contribution in [0.3, 0.4) is 0 Å². The van der Waals surface area contributed by atoms with Crippen molar-refractivity contribution < 1.29 is 19.1 Å². The second-order valence-electron chi connectivity index (χ2n) is 11.0. The van der Waals surface area contributed by atoms with E-state index in [0.717, 1.165) is 30.6 Å². The highest BCUT2D eigenvalue weighted by Crippen LogP contribution is 2.48. The van der Waals surface area contributed by atoms with Crippen LogP contribution in [0, 0.1) is 17.3 Å². The Hall–Kier alpha value is -2.61. The van der Waals surface area contributed by atoms with Crippen LogP contribution in [-0.4, -0.2) is 54.6 Å². The molecule has 192 valence electrons. The van der Waals surface area contributed by atoms with Crippen LogP contribution in [0.25, 0.3) is 0 Å². The Kier molecular flexibility index (Phi) is 7.13. The molecule has 35 heavy (non-hydrogen) atoms. The Labute approximate surface area is 208 Å². The summed E-state index contributed by atoms with van der Waals surface area (Å²) in [6.45, 7) is 9.32. The molecule has 1 aliphatic carbocycles. The highest BCUT2D eigenvalue weighted by atomic mass is 16.5. The standard InChI is InChI=1S/C27H40N4O4/c1-6-27(7-2)15-22(32)31(25(28)30-27)20(12-13-34-5)18-14-19(18)24(33)29-23-17-10-8-9-11-21(17)35-16-26(23,3)4/h8-11,18-20,23H,6-7,12-16H2,1-5H3,(H2,28,30)(H,29,33)/t18-,19-,20-,23-/m1/s1. The number of aliphatic imine (C=N–C) groups is 1. The SMILES string of the molecule is CCC1(CC)CC(=O)N([C@H](CCOC)[C@@H]2C[C@H]2C(=O)N[C@@H]2c3ccccc3OCC2(C)C)C(N)=N1. The first-order valence-electron chi connectivity index (χ1n) is 12.8. The van der Waals surface area contributed by atoms with Crippen molar-refractivity contribution in [1.82, 2.24) is 10.2 Å². The molecule has 4 rings (SSSR count). The van der Waals surface area contributed by atoms with Gasteiger partial charge in [0.05, 0.1) is 24.6 Å². The first kappa shape index (κ1) is 25.5. The van der Waals surface area contributed by atoms with Gasteiger partial charge in [0.15, 0.2) is 5.96 Å². The van der Waals surface area contributed by atoms with Crippen molar-refractivity contribution in [2.24, 2.45) is 28.0 Å². The van der Waals surface area contributed by atoms with Gasteiger partial charge in [-0.25, -0.2) is 4.99 Å². The molecule has 3 aliphatic rings. The molecule has 0 aromatic heterocycles. The van der Waals surface area contributed by atoms with Crippen LogP contribution in [0.5, 0.6) is 5.75 Å². The topological polar surface area (TPSA) is 106 Å². The van der Waals surface area contributed by atoms with Gasteiger partial charge in [0, 0.05) is 36.7 Å². The van der Waals surface area contributed by atoms with E-state index >= 15 is 0 Å². The number of nitrogens with zero attached hydrogens (tertiary/aromatic N) is 2. The number of rotatable bonds is 9. The van der Waals surface area contributed by atoms with Crippen molar-refractivity contribution in [3.8, 4) is 5.75 Å². The monoisotopic (exact) mass is 484 g/mol. The summed E-state index contributed by atoms with van der Waals surface area (Å²) in [6.07, 6.45) is 3.21. The average Bonchev–Trinajstić information content (AvgIpc) is 3.63. The molecule has 0 spiro atoms. The van der Waals surface area contributed by atoms with E-state index in [1.165, 1.54) is 0 Å². The number of amides is 2. The molecule has 0 radical (unpaired) electrons. The number of nitrogens with one attached hydrogen (secondary N) is 1. The Morgan fingerprint density at radius 1 is 1.31 bits per heavy atom. The van der Waals surface area contributed by atoms with Crippen LogP contribution in [0.4, 0.5) is 0 Å². The van der Waals surface area contributed by atoms with Gasteiger partial charge < -0.3 is 20.5 Å². The minimum atomic E-state index is -0.425. The second-order valence-corrected chi connectivity index (χ2v) is 11.0. The third-order valence-corrected chi connectivity index (χ3v) is 8.18. The first-order chi connectivity index (χ1) is 16.7. The number of guanidine groups is 1. The van der Waals surface area contributed by atoms with Gasteiger partial charge in [0.2, 0.25) is 11.8 Å². The number of hydrogen-bond acceptors (Lipinski definition) is 6. The molecule has 1 fully saturated rings. The van der Waals surface area contributed by atoms with E-state index in [-0.39, 0.29) is 47.1 Å². The zero-order chi connectivity index (χ0) is 25.4. The smallest absolute Gasteiger partial charge is 0.231 e. The number of carbonyl (C=O) groups is 2. The van der Waals surface area contributed by atoms with Crippen molar-refractivity contribution in [2.75, 3.05) is 20.3 Å². The Morgan fingerprint density at radius 3 is 2.69 bits per heavy atom. The number of fused-ring (bicyclic) bond motifs is 1. The van der Waals surface area contributed by atoms with Gasteiger partial charge in [-0.05, 0) is 37.7 Å². The van der Waals surface area contributed by atoms with Gasteiger partial charge in [-0.2, -0.15) is 0 Å². The second kappa shape index (κ2) is 9.80. The van der Waals surface area contributed by atoms with Crippen molar-refractivity contribution in [3.63, 3.8) is 0 Å². The quantitative estimate of drug-likeness (QED) is 0.559. The summed E-state index contributed by atoms with van der Waals surface area (Å²) in [5.74, 6) is 0.956. The zero-order valence-corrected chi connectivity index (χ0v) is 21.7. The molecule has 8 heteroatoms. The van der Waals surface area contributed by atoms with Crippen LogP contribution in [0.15, 0.2) is 29.3 Å². The fourth-order valence-electron chi connectivity index (χ4n) is 5.70. The van der Waals surface area contributed by atoms with E-state index in [1.54, 1.807) is 12.0 Å². The van der Waals surface area contributed by atoms with Crippen LogP contribution in [0.1, 0.15) is 71.4 Å². The molecule has 0 saturated heterocycles. The summed E-state index contributed by atoms with van der Waals surface area (Å²) < 4.78 is 11.3. The lowest BCUT2D eigenvalue weighted by atomic mass is 9.79. The summed E-state index contributed by atoms with van der Waals surface area (Å²) >= 11 is 0. The number of methoxy groups -OCH3 is 1. The fraction of sp³-hybridized carbons (Fsp3) is 0.667. The summed E-state index contributed by atoms with van der Waals surface area (Å²) in [4.78, 5) is 33.2. The molecular formula is C27H40N4O4. The summed E-state index contributed by atoms with van der Waals surface area (Å²) in [5.41, 5.74) is 6.73. The predicted octanol–water partition coefficient (Wildman–Crippen LogP) is 3.41. The zero-order valence-electron chi connectivity index (χ0n) is 21.7. The highest BCUT2D eigenvalue weighted by Gasteiger charge is 2.53. The molecule has 2 amide bonds. The molecular weight excluding hydrogens is 444 g/mol. The van der Waals surface area contributed by atoms with Crippen molar-refractivity contribution >= 4 is 17.8 Å². The molecule has 2 aliphatic heterocycles. The van der Waals surface area contributed by atoms with Gasteiger partial charge >= 0.3 is 0 Å². The highest BCUT2D eigenvalue weighted by molar-refractivity contribution is 5.99. The van der Waals surface area contributed by atoms with Crippen LogP contribution in [-0.2, 0) is 14.3 Å². The van der Waals surface area contributed by atoms with E-state index < -0.39 is 5.54 Å². The maximum absolute atomic E-state index is 13.5. The average molecular weight is 485 g/mol. The summed E-state index contributed by atoms with van der Waals surface area (Å²) in [7, 11) is 1.65. The third-order valence-electron chi connectivity index (χ3n) is 8.18. The fourth-order valence-corrected chi connectivity index (χ4v) is 5.70. The molecule has 1 saturated carbocycles. The number of benzene rings is 1. The van der Waals surface area contributed by atoms with E-state index in [9.17, 15) is 9.59 Å². The van der Waals surface area contributed by atoms with Crippen LogP contribution < -0.4 is 15.8 Å². The van der Waals surface area contributed by atoms with Gasteiger partial charge in [0.1, 0.15) is 5.75 Å². The Bertz CT molecular complexity index is 987. The normalized spacial score (nSPS) is 27.3. The summed E-state index contributed by atoms with van der Waals surface area (Å²) in [5, 5.41) is 3.31. The molecule has 1 aromatic carbocycles. The van der Waals surface area contributed by atoms with Gasteiger partial charge in [-0.1, -0.05) is 45.9 Å². The van der Waals surface area contributed by atoms with Gasteiger partial charge in [-0.3, -0.25) is 14.5 Å². The molecule has 4 atom stereocenters. The molecule has 1 aromatic rings. The van der Waals surface area contributed by atoms with Crippen LogP contribution in [0.2, 0.25) is 0 Å². The largest absolute Gasteiger partial charge is 0.493 e. The van der Waals surface area contributed by atoms with Crippen LogP contribution >= 0.6 is 0 Å². The van der Waals surface area contributed by atoms with Crippen molar-refractivity contribution in [1.29, 1.82) is 0 Å². The Morgan fingerprint density at radius 2 is 2.03 bits per heavy atom. The number of para-hydroxylation sites is 1. The first-order valence-corrected chi connectivity index (χ1v) is 12.8. The Balaban J connectivity index is 1.52. The third kappa shape index (κ3) is 4.90. The number of hydrogen-bond donors (Lipinski definition) is 2. The lowest BCUT2D eigenvalue weighted by Crippen LogP contribution is -2.56. The number of nitrogens with two attached hydrogens (primary N) is 1. The molecule has 0 bridgehead atoms. The van der Waals surface area contributed by atoms with E-state index in [2.05, 4.69) is 19.2 Å². The lowest BCUT2D eigenvalue weighted by molar-refractivity contribution is -0.133. The minimum Gasteiger partial charge on any atom is -0.493 e. The van der Waals surface area contributed by atoms with Gasteiger partial charge in [0.25, 0.3) is 0 Å². The number of ether oxygens (including phenoxy) is 2. The molecule has 8 nitrogen and oxygen atoms in total. The maximum atomic E-state index is 13.5. The molecule has 3 N–H and O–H groups in total. The molecule has 2 heterocycles. The van der Waals surface area contributed by atoms with E-state index in [4.69, 9.17) is 20.2 Å². The molecule has 0 unspecified atom stereocenters. The lowest BCUT2D eigenvalue weighted by Gasteiger charge is -2.41. The van der Waals surface area contributed by atoms with Crippen molar-refractivity contribution in [2.45, 2.75) is 77.4 Å². The summed E-state index contributed by atoms with van der Waals surface area (Å²) in [6, 6.07) is 7.53. The van der Waals surface area contributed by atoms with Crippen molar-refractivity contribution in [3.05, 3.63) is 29.8 Å². The minimum absolute atomic E-state index is 0.00662. The van der Waals surface area contributed by atoms with Gasteiger partial charge in [-0.15, -0.1) is 0 Å².